The molecule has 25 heavy (non-hydrogen) atoms. The van der Waals surface area contributed by atoms with Crippen molar-refractivity contribution in [2.75, 3.05) is 0 Å². The van der Waals surface area contributed by atoms with Gasteiger partial charge in [0.2, 0.25) is 0 Å². The molecule has 0 aliphatic heterocycles. The summed E-state index contributed by atoms with van der Waals surface area (Å²) in [6.07, 6.45) is 0.202. The van der Waals surface area contributed by atoms with Crippen LogP contribution in [-0.2, 0) is 15.6 Å². The predicted octanol–water partition coefficient (Wildman–Crippen LogP) is 4.24. The second-order valence-corrected chi connectivity index (χ2v) is 8.38. The summed E-state index contributed by atoms with van der Waals surface area (Å²) >= 11 is 0. The van der Waals surface area contributed by atoms with Gasteiger partial charge in [-0.3, -0.25) is 9.59 Å². The third-order valence-corrected chi connectivity index (χ3v) is 5.95. The van der Waals surface area contributed by atoms with Crippen molar-refractivity contribution >= 4 is 22.4 Å². The minimum Gasteiger partial charge on any atom is -0.293 e. The molecule has 3 rings (SSSR count). The van der Waals surface area contributed by atoms with Crippen LogP contribution in [0.1, 0.15) is 36.2 Å². The van der Waals surface area contributed by atoms with E-state index in [-0.39, 0.29) is 22.9 Å². The van der Waals surface area contributed by atoms with Gasteiger partial charge in [0.25, 0.3) is 0 Å². The van der Waals surface area contributed by atoms with Crippen molar-refractivity contribution in [3.05, 3.63) is 76.2 Å². The molecule has 0 spiro atoms. The summed E-state index contributed by atoms with van der Waals surface area (Å²) in [6.45, 7) is 5.67. The van der Waals surface area contributed by atoms with Crippen LogP contribution in [0.4, 0.5) is 0 Å². The Hall–Kier alpha value is -2.33. The summed E-state index contributed by atoms with van der Waals surface area (Å²) in [5.74, 6) is -0.421. The maximum absolute atomic E-state index is 13.1. The van der Waals surface area contributed by atoms with Gasteiger partial charge in [-0.1, -0.05) is 61.9 Å². The fraction of sp³-hybridized carbons (Fsp3) is 0.238. The summed E-state index contributed by atoms with van der Waals surface area (Å²) < 4.78 is 13.1. The van der Waals surface area contributed by atoms with Crippen LogP contribution in [0.25, 0.3) is 0 Å². The summed E-state index contributed by atoms with van der Waals surface area (Å²) in [4.78, 5) is 26.4. The van der Waals surface area contributed by atoms with E-state index in [1.54, 1.807) is 36.4 Å². The Morgan fingerprint density at radius 3 is 2.20 bits per heavy atom. The molecule has 0 saturated carbocycles. The number of Topliss-reactive ketones (excluding diaryl/α,β-unsaturated/α-hetero) is 2. The maximum Gasteiger partial charge on any atom is 0.190 e. The molecule has 0 aromatic heterocycles. The van der Waals surface area contributed by atoms with Crippen molar-refractivity contribution in [1.29, 1.82) is 0 Å². The lowest BCUT2D eigenvalue weighted by molar-refractivity contribution is -0.115. The zero-order chi connectivity index (χ0) is 18.2. The second-order valence-electron chi connectivity index (χ2n) is 6.96. The van der Waals surface area contributed by atoms with E-state index in [9.17, 15) is 13.8 Å². The lowest BCUT2D eigenvalue weighted by Crippen LogP contribution is -2.19. The Morgan fingerprint density at radius 1 is 1.00 bits per heavy atom. The van der Waals surface area contributed by atoms with Gasteiger partial charge in [-0.25, -0.2) is 4.21 Å². The minimum atomic E-state index is -1.66. The first-order valence-corrected chi connectivity index (χ1v) is 9.32. The number of ketones is 2. The Balaban J connectivity index is 2.14. The third kappa shape index (κ3) is 3.27. The van der Waals surface area contributed by atoms with E-state index in [0.29, 0.717) is 16.0 Å². The third-order valence-electron chi connectivity index (χ3n) is 4.44. The van der Waals surface area contributed by atoms with E-state index >= 15 is 0 Å². The van der Waals surface area contributed by atoms with Crippen LogP contribution in [-0.4, -0.2) is 15.8 Å². The number of rotatable bonds is 4. The predicted molar refractivity (Wildman–Crippen MR) is 98.8 cm³/mol. The lowest BCUT2D eigenvalue weighted by Gasteiger charge is -2.20. The van der Waals surface area contributed by atoms with Crippen molar-refractivity contribution in [1.82, 2.24) is 0 Å². The Kier molecular flexibility index (Phi) is 4.56. The monoisotopic (exact) mass is 352 g/mol. The minimum absolute atomic E-state index is 0.155. The van der Waals surface area contributed by atoms with Gasteiger partial charge in [-0.2, -0.15) is 0 Å². The molecule has 0 heterocycles. The van der Waals surface area contributed by atoms with E-state index in [2.05, 4.69) is 0 Å². The molecule has 1 aliphatic carbocycles. The first-order valence-electron chi connectivity index (χ1n) is 8.17. The van der Waals surface area contributed by atoms with Crippen molar-refractivity contribution in [3.63, 3.8) is 0 Å². The van der Waals surface area contributed by atoms with E-state index < -0.39 is 16.2 Å². The van der Waals surface area contributed by atoms with Gasteiger partial charge in [-0.05, 0) is 19.1 Å². The normalized spacial score (nSPS) is 17.6. The topological polar surface area (TPSA) is 51.2 Å². The molecule has 1 unspecified atom stereocenters. The zero-order valence-electron chi connectivity index (χ0n) is 14.5. The van der Waals surface area contributed by atoms with Crippen molar-refractivity contribution < 1.29 is 13.8 Å². The van der Waals surface area contributed by atoms with Crippen molar-refractivity contribution in [2.45, 2.75) is 32.1 Å². The molecule has 0 amide bonds. The maximum atomic E-state index is 13.1. The van der Waals surface area contributed by atoms with E-state index in [0.717, 1.165) is 5.56 Å². The van der Waals surface area contributed by atoms with E-state index in [4.69, 9.17) is 0 Å². The second kappa shape index (κ2) is 6.52. The van der Waals surface area contributed by atoms with Crippen LogP contribution in [0.15, 0.2) is 70.0 Å². The standard InChI is InChI=1S/C21H20O3S/c1-14-9-11-16(12-10-14)25(24)20-17(22)13-21(2,3)18(20)19(23)15-7-5-4-6-8-15/h4-12H,13H2,1-3H3. The van der Waals surface area contributed by atoms with Crippen molar-refractivity contribution in [3.8, 4) is 0 Å². The number of hydrogen-bond donors (Lipinski definition) is 0. The highest BCUT2D eigenvalue weighted by Gasteiger charge is 2.44. The van der Waals surface area contributed by atoms with Crippen LogP contribution in [0.3, 0.4) is 0 Å². The average Bonchev–Trinajstić information content (AvgIpc) is 2.83. The van der Waals surface area contributed by atoms with Gasteiger partial charge in [0, 0.05) is 27.9 Å². The molecule has 0 bridgehead atoms. The average molecular weight is 352 g/mol. The molecule has 0 N–H and O–H groups in total. The quantitative estimate of drug-likeness (QED) is 0.774. The van der Waals surface area contributed by atoms with Crippen LogP contribution in [0.5, 0.6) is 0 Å². The molecule has 1 aliphatic rings. The number of carbonyl (C=O) groups excluding carboxylic acids is 2. The van der Waals surface area contributed by atoms with Crippen molar-refractivity contribution in [2.24, 2.45) is 5.41 Å². The largest absolute Gasteiger partial charge is 0.293 e. The molecule has 2 aromatic carbocycles. The van der Waals surface area contributed by atoms with E-state index in [1.807, 2.05) is 39.0 Å². The summed E-state index contributed by atoms with van der Waals surface area (Å²) in [6, 6.07) is 16.1. The Bertz CT molecular complexity index is 890. The SMILES string of the molecule is Cc1ccc(S(=O)C2=C(C(=O)c3ccccc3)C(C)(C)CC2=O)cc1. The lowest BCUT2D eigenvalue weighted by atomic mass is 9.82. The Labute approximate surface area is 150 Å². The van der Waals surface area contributed by atoms with Crippen LogP contribution >= 0.6 is 0 Å². The van der Waals surface area contributed by atoms with Crippen LogP contribution in [0, 0.1) is 12.3 Å². The molecule has 1 atom stereocenters. The molecule has 0 radical (unpaired) electrons. The number of hydrogen-bond acceptors (Lipinski definition) is 3. The highest BCUT2D eigenvalue weighted by molar-refractivity contribution is 7.90. The highest BCUT2D eigenvalue weighted by atomic mass is 32.2. The highest BCUT2D eigenvalue weighted by Crippen LogP contribution is 2.44. The first kappa shape index (κ1) is 17.5. The number of carbonyl (C=O) groups is 2. The number of allylic oxidation sites excluding steroid dienone is 2. The Morgan fingerprint density at radius 2 is 1.60 bits per heavy atom. The van der Waals surface area contributed by atoms with Gasteiger partial charge in [0.05, 0.1) is 15.7 Å². The molecular formula is C21H20O3S. The van der Waals surface area contributed by atoms with Gasteiger partial charge in [0.15, 0.2) is 11.6 Å². The fourth-order valence-electron chi connectivity index (χ4n) is 3.14. The van der Waals surface area contributed by atoms with Gasteiger partial charge in [-0.15, -0.1) is 0 Å². The molecule has 3 nitrogen and oxygen atoms in total. The fourth-order valence-corrected chi connectivity index (χ4v) is 4.59. The number of benzene rings is 2. The summed E-state index contributed by atoms with van der Waals surface area (Å²) in [5, 5.41) is 0. The van der Waals surface area contributed by atoms with Crippen LogP contribution < -0.4 is 0 Å². The molecule has 2 aromatic rings. The molecular weight excluding hydrogens is 332 g/mol. The first-order chi connectivity index (χ1) is 11.8. The van der Waals surface area contributed by atoms with Gasteiger partial charge < -0.3 is 0 Å². The summed E-state index contributed by atoms with van der Waals surface area (Å²) in [5.41, 5.74) is 1.31. The zero-order valence-corrected chi connectivity index (χ0v) is 15.4. The molecule has 0 fully saturated rings. The summed E-state index contributed by atoms with van der Waals surface area (Å²) in [7, 11) is -1.66. The van der Waals surface area contributed by atoms with Gasteiger partial charge >= 0.3 is 0 Å². The molecule has 0 saturated heterocycles. The number of aryl methyl sites for hydroxylation is 1. The molecule has 128 valence electrons. The van der Waals surface area contributed by atoms with E-state index in [1.165, 1.54) is 0 Å². The van der Waals surface area contributed by atoms with Gasteiger partial charge in [0.1, 0.15) is 0 Å². The van der Waals surface area contributed by atoms with Crippen LogP contribution in [0.2, 0.25) is 0 Å². The smallest absolute Gasteiger partial charge is 0.190 e. The molecule has 4 heteroatoms.